The zero-order chi connectivity index (χ0) is 13.7. The SMILES string of the molecule is CC(C)C(CN(C)C)NC(=O)C1CNC(=O)CN1. The number of rotatable bonds is 5. The number of hydrogen-bond donors (Lipinski definition) is 3. The Hall–Kier alpha value is -1.14. The zero-order valence-corrected chi connectivity index (χ0v) is 11.6. The number of piperazine rings is 1. The Bertz CT molecular complexity index is 294. The maximum atomic E-state index is 12.1. The van der Waals surface area contributed by atoms with Gasteiger partial charge in [-0.3, -0.25) is 14.9 Å². The molecule has 0 radical (unpaired) electrons. The van der Waals surface area contributed by atoms with E-state index in [4.69, 9.17) is 0 Å². The van der Waals surface area contributed by atoms with Crippen LogP contribution in [0.2, 0.25) is 0 Å². The number of likely N-dealkylation sites (N-methyl/N-ethyl adjacent to an activating group) is 1. The summed E-state index contributed by atoms with van der Waals surface area (Å²) < 4.78 is 0. The van der Waals surface area contributed by atoms with E-state index >= 15 is 0 Å². The van der Waals surface area contributed by atoms with Crippen molar-refractivity contribution in [1.29, 1.82) is 0 Å². The molecule has 1 saturated heterocycles. The number of amides is 2. The fraction of sp³-hybridized carbons (Fsp3) is 0.833. The second-order valence-electron chi connectivity index (χ2n) is 5.36. The quantitative estimate of drug-likeness (QED) is 0.576. The largest absolute Gasteiger partial charge is 0.353 e. The predicted octanol–water partition coefficient (Wildman–Crippen LogP) is -1.22. The van der Waals surface area contributed by atoms with Gasteiger partial charge < -0.3 is 15.5 Å². The number of carbonyl (C=O) groups is 2. The highest BCUT2D eigenvalue weighted by atomic mass is 16.2. The molecule has 2 unspecified atom stereocenters. The van der Waals surface area contributed by atoms with Crippen molar-refractivity contribution in [2.75, 3.05) is 33.7 Å². The average Bonchev–Trinajstić information content (AvgIpc) is 2.28. The first-order valence-electron chi connectivity index (χ1n) is 6.35. The van der Waals surface area contributed by atoms with E-state index < -0.39 is 0 Å². The van der Waals surface area contributed by atoms with Gasteiger partial charge in [0.25, 0.3) is 0 Å². The van der Waals surface area contributed by atoms with Crippen molar-refractivity contribution in [2.45, 2.75) is 25.9 Å². The van der Waals surface area contributed by atoms with Gasteiger partial charge in [0.1, 0.15) is 6.04 Å². The van der Waals surface area contributed by atoms with Gasteiger partial charge in [0.15, 0.2) is 0 Å². The van der Waals surface area contributed by atoms with Crippen LogP contribution in [0.5, 0.6) is 0 Å². The lowest BCUT2D eigenvalue weighted by Crippen LogP contribution is -2.60. The van der Waals surface area contributed by atoms with Crippen LogP contribution in [0.4, 0.5) is 0 Å². The summed E-state index contributed by atoms with van der Waals surface area (Å²) in [4.78, 5) is 25.1. The topological polar surface area (TPSA) is 73.5 Å². The van der Waals surface area contributed by atoms with Crippen molar-refractivity contribution in [3.05, 3.63) is 0 Å². The summed E-state index contributed by atoms with van der Waals surface area (Å²) in [5, 5.41) is 8.65. The van der Waals surface area contributed by atoms with Gasteiger partial charge in [0.05, 0.1) is 6.54 Å². The first kappa shape index (κ1) is 14.9. The molecule has 18 heavy (non-hydrogen) atoms. The lowest BCUT2D eigenvalue weighted by molar-refractivity contribution is -0.127. The van der Waals surface area contributed by atoms with E-state index in [2.05, 4.69) is 34.7 Å². The number of nitrogens with one attached hydrogen (secondary N) is 3. The van der Waals surface area contributed by atoms with Gasteiger partial charge in [-0.05, 0) is 20.0 Å². The van der Waals surface area contributed by atoms with Gasteiger partial charge in [-0.15, -0.1) is 0 Å². The molecule has 1 fully saturated rings. The summed E-state index contributed by atoms with van der Waals surface area (Å²) in [6.45, 7) is 5.55. The molecule has 6 heteroatoms. The molecule has 0 aliphatic carbocycles. The molecule has 3 N–H and O–H groups in total. The Balaban J connectivity index is 2.48. The second-order valence-corrected chi connectivity index (χ2v) is 5.36. The van der Waals surface area contributed by atoms with Crippen LogP contribution in [0.1, 0.15) is 13.8 Å². The lowest BCUT2D eigenvalue weighted by atomic mass is 10.0. The maximum Gasteiger partial charge on any atom is 0.239 e. The molecule has 1 aliphatic rings. The normalized spacial score (nSPS) is 21.9. The fourth-order valence-electron chi connectivity index (χ4n) is 1.85. The Morgan fingerprint density at radius 1 is 1.50 bits per heavy atom. The van der Waals surface area contributed by atoms with E-state index in [1.807, 2.05) is 14.1 Å². The van der Waals surface area contributed by atoms with Crippen LogP contribution in [0.3, 0.4) is 0 Å². The monoisotopic (exact) mass is 256 g/mol. The summed E-state index contributed by atoms with van der Waals surface area (Å²) in [5.41, 5.74) is 0. The summed E-state index contributed by atoms with van der Waals surface area (Å²) >= 11 is 0. The van der Waals surface area contributed by atoms with Gasteiger partial charge >= 0.3 is 0 Å². The minimum Gasteiger partial charge on any atom is -0.353 e. The predicted molar refractivity (Wildman–Crippen MR) is 70.1 cm³/mol. The highest BCUT2D eigenvalue weighted by Gasteiger charge is 2.26. The van der Waals surface area contributed by atoms with Crippen LogP contribution in [-0.2, 0) is 9.59 Å². The van der Waals surface area contributed by atoms with Crippen molar-refractivity contribution in [3.63, 3.8) is 0 Å². The summed E-state index contributed by atoms with van der Waals surface area (Å²) in [6, 6.07) is -0.210. The Morgan fingerprint density at radius 3 is 2.61 bits per heavy atom. The third-order valence-corrected chi connectivity index (χ3v) is 3.02. The first-order valence-corrected chi connectivity index (χ1v) is 6.35. The van der Waals surface area contributed by atoms with E-state index in [0.29, 0.717) is 12.5 Å². The van der Waals surface area contributed by atoms with E-state index in [9.17, 15) is 9.59 Å². The van der Waals surface area contributed by atoms with Crippen LogP contribution in [0, 0.1) is 5.92 Å². The highest BCUT2D eigenvalue weighted by Crippen LogP contribution is 2.03. The molecule has 0 aromatic heterocycles. The maximum absolute atomic E-state index is 12.1. The van der Waals surface area contributed by atoms with Crippen LogP contribution >= 0.6 is 0 Å². The molecule has 0 bridgehead atoms. The number of nitrogens with zero attached hydrogens (tertiary/aromatic N) is 1. The zero-order valence-electron chi connectivity index (χ0n) is 11.6. The van der Waals surface area contributed by atoms with Crippen LogP contribution in [0.25, 0.3) is 0 Å². The molecule has 0 aromatic rings. The van der Waals surface area contributed by atoms with Crippen LogP contribution < -0.4 is 16.0 Å². The molecule has 0 spiro atoms. The van der Waals surface area contributed by atoms with E-state index in [1.54, 1.807) is 0 Å². The molecule has 1 aliphatic heterocycles. The number of hydrogen-bond acceptors (Lipinski definition) is 4. The van der Waals surface area contributed by atoms with Crippen molar-refractivity contribution in [3.8, 4) is 0 Å². The first-order chi connectivity index (χ1) is 8.40. The summed E-state index contributed by atoms with van der Waals surface area (Å²) in [6.07, 6.45) is 0. The molecule has 6 nitrogen and oxygen atoms in total. The summed E-state index contributed by atoms with van der Waals surface area (Å²) in [7, 11) is 3.97. The molecule has 2 amide bonds. The second kappa shape index (κ2) is 6.70. The standard InChI is InChI=1S/C12H24N4O2/c1-8(2)10(7-16(3)4)15-12(18)9-5-14-11(17)6-13-9/h8-10,13H,5-7H2,1-4H3,(H,14,17)(H,15,18). The molecule has 0 saturated carbocycles. The third-order valence-electron chi connectivity index (χ3n) is 3.02. The van der Waals surface area contributed by atoms with Crippen molar-refractivity contribution in [2.24, 2.45) is 5.92 Å². The van der Waals surface area contributed by atoms with E-state index in [-0.39, 0.29) is 30.4 Å². The number of carbonyl (C=O) groups excluding carboxylic acids is 2. The average molecular weight is 256 g/mol. The third kappa shape index (κ3) is 4.62. The summed E-state index contributed by atoms with van der Waals surface area (Å²) in [5.74, 6) is 0.262. The Labute approximate surface area is 108 Å². The molecule has 1 rings (SSSR count). The Kier molecular flexibility index (Phi) is 5.55. The molecule has 104 valence electrons. The van der Waals surface area contributed by atoms with E-state index in [1.165, 1.54) is 0 Å². The smallest absolute Gasteiger partial charge is 0.239 e. The van der Waals surface area contributed by atoms with Gasteiger partial charge in [-0.1, -0.05) is 13.8 Å². The Morgan fingerprint density at radius 2 is 2.17 bits per heavy atom. The van der Waals surface area contributed by atoms with Gasteiger partial charge in [-0.2, -0.15) is 0 Å². The van der Waals surface area contributed by atoms with Gasteiger partial charge in [0, 0.05) is 19.1 Å². The van der Waals surface area contributed by atoms with Gasteiger partial charge in [-0.25, -0.2) is 0 Å². The molecular formula is C12H24N4O2. The molecule has 2 atom stereocenters. The lowest BCUT2D eigenvalue weighted by Gasteiger charge is -2.29. The van der Waals surface area contributed by atoms with Crippen LogP contribution in [-0.4, -0.2) is 62.5 Å². The molecule has 1 heterocycles. The fourth-order valence-corrected chi connectivity index (χ4v) is 1.85. The van der Waals surface area contributed by atoms with Gasteiger partial charge in [0.2, 0.25) is 11.8 Å². The van der Waals surface area contributed by atoms with Crippen molar-refractivity contribution >= 4 is 11.8 Å². The molecule has 0 aromatic carbocycles. The van der Waals surface area contributed by atoms with E-state index in [0.717, 1.165) is 6.54 Å². The highest BCUT2D eigenvalue weighted by molar-refractivity contribution is 5.86. The minimum atomic E-state index is -0.328. The van der Waals surface area contributed by atoms with Crippen molar-refractivity contribution in [1.82, 2.24) is 20.9 Å². The van der Waals surface area contributed by atoms with Crippen molar-refractivity contribution < 1.29 is 9.59 Å². The molecular weight excluding hydrogens is 232 g/mol. The minimum absolute atomic E-state index is 0.0458. The van der Waals surface area contributed by atoms with Crippen LogP contribution in [0.15, 0.2) is 0 Å².